The van der Waals surface area contributed by atoms with E-state index in [1.54, 1.807) is 18.2 Å². The summed E-state index contributed by atoms with van der Waals surface area (Å²) < 4.78 is 0. The van der Waals surface area contributed by atoms with Crippen LogP contribution in [0.25, 0.3) is 6.08 Å². The summed E-state index contributed by atoms with van der Waals surface area (Å²) in [6, 6.07) is 3.32. The van der Waals surface area contributed by atoms with Crippen LogP contribution in [0, 0.1) is 6.92 Å². The van der Waals surface area contributed by atoms with E-state index in [1.165, 1.54) is 0 Å². The highest BCUT2D eigenvalue weighted by Gasteiger charge is 2.00. The average molecular weight is 169 g/mol. The molecule has 1 rings (SSSR count). The molecule has 0 radical (unpaired) electrons. The van der Waals surface area contributed by atoms with E-state index in [0.717, 1.165) is 11.1 Å². The second-order valence-electron chi connectivity index (χ2n) is 2.36. The van der Waals surface area contributed by atoms with Crippen LogP contribution >= 0.6 is 11.6 Å². The molecule has 0 aliphatic carbocycles. The largest absolute Gasteiger partial charge is 0.506 e. The Bertz CT molecular complexity index is 292. The molecule has 58 valence electrons. The third-order valence-electron chi connectivity index (χ3n) is 1.56. The van der Waals surface area contributed by atoms with Crippen LogP contribution in [-0.4, -0.2) is 5.11 Å². The highest BCUT2D eigenvalue weighted by atomic mass is 35.5. The molecule has 0 bridgehead atoms. The molecule has 0 aliphatic rings. The summed E-state index contributed by atoms with van der Waals surface area (Å²) in [5.74, 6) is 0.104. The van der Waals surface area contributed by atoms with Gasteiger partial charge in [-0.1, -0.05) is 24.3 Å². The van der Waals surface area contributed by atoms with Gasteiger partial charge in [0.15, 0.2) is 0 Å². The van der Waals surface area contributed by atoms with Crippen LogP contribution in [-0.2, 0) is 0 Å². The third kappa shape index (κ3) is 1.55. The molecule has 0 fully saturated rings. The van der Waals surface area contributed by atoms with Gasteiger partial charge in [-0.2, -0.15) is 0 Å². The number of hydrogen-bond acceptors (Lipinski definition) is 1. The number of aromatic hydroxyl groups is 1. The zero-order valence-corrected chi connectivity index (χ0v) is 7.02. The highest BCUT2D eigenvalue weighted by molar-refractivity contribution is 6.32. The van der Waals surface area contributed by atoms with Gasteiger partial charge in [-0.05, 0) is 30.2 Å². The number of phenols is 1. The molecular formula is C9H9ClO. The Morgan fingerprint density at radius 1 is 1.55 bits per heavy atom. The Labute approximate surface area is 70.9 Å². The van der Waals surface area contributed by atoms with E-state index in [0.29, 0.717) is 5.02 Å². The van der Waals surface area contributed by atoms with Crippen molar-refractivity contribution >= 4 is 17.7 Å². The molecule has 0 heterocycles. The van der Waals surface area contributed by atoms with Crippen molar-refractivity contribution in [1.29, 1.82) is 0 Å². The van der Waals surface area contributed by atoms with Crippen LogP contribution in [0.3, 0.4) is 0 Å². The first-order valence-corrected chi connectivity index (χ1v) is 3.64. The monoisotopic (exact) mass is 168 g/mol. The van der Waals surface area contributed by atoms with Crippen molar-refractivity contribution in [3.63, 3.8) is 0 Å². The molecule has 1 N–H and O–H groups in total. The van der Waals surface area contributed by atoms with E-state index in [4.69, 9.17) is 11.6 Å². The van der Waals surface area contributed by atoms with E-state index < -0.39 is 0 Å². The molecule has 0 aromatic heterocycles. The quantitative estimate of drug-likeness (QED) is 0.684. The minimum absolute atomic E-state index is 0.104. The van der Waals surface area contributed by atoms with Crippen molar-refractivity contribution in [2.24, 2.45) is 0 Å². The lowest BCUT2D eigenvalue weighted by atomic mass is 10.1. The summed E-state index contributed by atoms with van der Waals surface area (Å²) >= 11 is 5.66. The molecule has 0 saturated heterocycles. The van der Waals surface area contributed by atoms with Crippen molar-refractivity contribution in [3.05, 3.63) is 34.9 Å². The fourth-order valence-corrected chi connectivity index (χ4v) is 1.12. The SMILES string of the molecule is C=Cc1cc(O)c(Cl)cc1C. The normalized spacial score (nSPS) is 9.64. The van der Waals surface area contributed by atoms with Gasteiger partial charge in [-0.15, -0.1) is 0 Å². The van der Waals surface area contributed by atoms with E-state index in [2.05, 4.69) is 6.58 Å². The Morgan fingerprint density at radius 3 is 2.73 bits per heavy atom. The van der Waals surface area contributed by atoms with Gasteiger partial charge in [0.05, 0.1) is 5.02 Å². The highest BCUT2D eigenvalue weighted by Crippen LogP contribution is 2.26. The molecule has 0 amide bonds. The van der Waals surface area contributed by atoms with E-state index in [1.807, 2.05) is 6.92 Å². The molecule has 11 heavy (non-hydrogen) atoms. The second-order valence-corrected chi connectivity index (χ2v) is 2.77. The smallest absolute Gasteiger partial charge is 0.134 e. The summed E-state index contributed by atoms with van der Waals surface area (Å²) in [7, 11) is 0. The summed E-state index contributed by atoms with van der Waals surface area (Å²) in [5, 5.41) is 9.56. The summed E-state index contributed by atoms with van der Waals surface area (Å²) in [6.07, 6.45) is 1.69. The fraction of sp³-hybridized carbons (Fsp3) is 0.111. The van der Waals surface area contributed by atoms with Crippen LogP contribution in [0.15, 0.2) is 18.7 Å². The standard InChI is InChI=1S/C9H9ClO/c1-3-7-5-9(11)8(10)4-6(7)2/h3-5,11H,1H2,2H3. The van der Waals surface area contributed by atoms with Crippen LogP contribution in [0.5, 0.6) is 5.75 Å². The maximum absolute atomic E-state index is 9.18. The number of halogens is 1. The first-order chi connectivity index (χ1) is 5.15. The number of rotatable bonds is 1. The van der Waals surface area contributed by atoms with Crippen LogP contribution in [0.4, 0.5) is 0 Å². The van der Waals surface area contributed by atoms with Crippen molar-refractivity contribution in [1.82, 2.24) is 0 Å². The fourth-order valence-electron chi connectivity index (χ4n) is 0.897. The third-order valence-corrected chi connectivity index (χ3v) is 1.86. The van der Waals surface area contributed by atoms with Gasteiger partial charge in [0.25, 0.3) is 0 Å². The zero-order valence-electron chi connectivity index (χ0n) is 6.26. The topological polar surface area (TPSA) is 20.2 Å². The number of hydrogen-bond donors (Lipinski definition) is 1. The molecule has 1 aromatic carbocycles. The van der Waals surface area contributed by atoms with Crippen molar-refractivity contribution in [2.45, 2.75) is 6.92 Å². The van der Waals surface area contributed by atoms with Crippen LogP contribution in [0.1, 0.15) is 11.1 Å². The summed E-state index contributed by atoms with van der Waals surface area (Å²) in [6.45, 7) is 5.53. The van der Waals surface area contributed by atoms with E-state index >= 15 is 0 Å². The van der Waals surface area contributed by atoms with E-state index in [9.17, 15) is 5.11 Å². The zero-order chi connectivity index (χ0) is 8.43. The predicted molar refractivity (Wildman–Crippen MR) is 47.9 cm³/mol. The maximum Gasteiger partial charge on any atom is 0.134 e. The molecule has 1 nitrogen and oxygen atoms in total. The Kier molecular flexibility index (Phi) is 2.20. The first kappa shape index (κ1) is 8.15. The van der Waals surface area contributed by atoms with Gasteiger partial charge in [0, 0.05) is 0 Å². The molecular weight excluding hydrogens is 160 g/mol. The van der Waals surface area contributed by atoms with Gasteiger partial charge >= 0.3 is 0 Å². The predicted octanol–water partition coefficient (Wildman–Crippen LogP) is 3.00. The maximum atomic E-state index is 9.18. The lowest BCUT2D eigenvalue weighted by Crippen LogP contribution is -1.80. The average Bonchev–Trinajstić information content (AvgIpc) is 1.97. The van der Waals surface area contributed by atoms with Crippen molar-refractivity contribution < 1.29 is 5.11 Å². The van der Waals surface area contributed by atoms with Crippen LogP contribution < -0.4 is 0 Å². The summed E-state index contributed by atoms with van der Waals surface area (Å²) in [5.41, 5.74) is 1.93. The molecule has 0 spiro atoms. The number of phenolic OH excluding ortho intramolecular Hbond substituents is 1. The van der Waals surface area contributed by atoms with Crippen LogP contribution in [0.2, 0.25) is 5.02 Å². The van der Waals surface area contributed by atoms with Crippen molar-refractivity contribution in [3.8, 4) is 5.75 Å². The lowest BCUT2D eigenvalue weighted by Gasteiger charge is -2.02. The molecule has 0 aliphatic heterocycles. The molecule has 1 aromatic rings. The molecule has 0 unspecified atom stereocenters. The second kappa shape index (κ2) is 2.97. The lowest BCUT2D eigenvalue weighted by molar-refractivity contribution is 0.475. The molecule has 2 heteroatoms. The van der Waals surface area contributed by atoms with Gasteiger partial charge in [0.2, 0.25) is 0 Å². The van der Waals surface area contributed by atoms with Gasteiger partial charge < -0.3 is 5.11 Å². The summed E-state index contributed by atoms with van der Waals surface area (Å²) in [4.78, 5) is 0. The Hall–Kier alpha value is -0.950. The molecule has 0 atom stereocenters. The van der Waals surface area contributed by atoms with Crippen molar-refractivity contribution in [2.75, 3.05) is 0 Å². The Balaban J connectivity index is 3.31. The number of aryl methyl sites for hydroxylation is 1. The minimum Gasteiger partial charge on any atom is -0.506 e. The Morgan fingerprint density at radius 2 is 2.18 bits per heavy atom. The van der Waals surface area contributed by atoms with Gasteiger partial charge in [-0.25, -0.2) is 0 Å². The van der Waals surface area contributed by atoms with Gasteiger partial charge in [0.1, 0.15) is 5.75 Å². The number of benzene rings is 1. The van der Waals surface area contributed by atoms with Gasteiger partial charge in [-0.3, -0.25) is 0 Å². The minimum atomic E-state index is 0.104. The first-order valence-electron chi connectivity index (χ1n) is 3.26. The molecule has 0 saturated carbocycles. The van der Waals surface area contributed by atoms with E-state index in [-0.39, 0.29) is 5.75 Å².